The second-order valence-electron chi connectivity index (χ2n) is 2.94. The van der Waals surface area contributed by atoms with Gasteiger partial charge in [-0.25, -0.2) is 0 Å². The van der Waals surface area contributed by atoms with Crippen LogP contribution in [0.2, 0.25) is 0 Å². The van der Waals surface area contributed by atoms with Gasteiger partial charge < -0.3 is 0 Å². The van der Waals surface area contributed by atoms with Crippen molar-refractivity contribution in [3.63, 3.8) is 0 Å². The Balaban J connectivity index is 3.11. The van der Waals surface area contributed by atoms with Crippen molar-refractivity contribution < 1.29 is 9.59 Å². The van der Waals surface area contributed by atoms with Gasteiger partial charge in [-0.05, 0) is 18.1 Å². The van der Waals surface area contributed by atoms with Crippen LogP contribution in [-0.4, -0.2) is 22.7 Å². The standard InChI is InChI=1S/C12H12O2S2/c1-15-11(13)8-10(12(14)16-2)9-6-4-3-5-7-9/h3-8H,1-2H3. The molecular weight excluding hydrogens is 240 g/mol. The first-order valence-corrected chi connectivity index (χ1v) is 7.07. The molecular formula is C12H12O2S2. The van der Waals surface area contributed by atoms with Crippen molar-refractivity contribution in [2.45, 2.75) is 0 Å². The largest absolute Gasteiger partial charge is 0.282 e. The van der Waals surface area contributed by atoms with Gasteiger partial charge in [0.1, 0.15) is 0 Å². The third-order valence-electron chi connectivity index (χ3n) is 1.95. The molecule has 0 radical (unpaired) electrons. The van der Waals surface area contributed by atoms with Crippen LogP contribution in [0, 0.1) is 0 Å². The van der Waals surface area contributed by atoms with Gasteiger partial charge in [0.05, 0.1) is 0 Å². The van der Waals surface area contributed by atoms with Crippen LogP contribution in [0.25, 0.3) is 5.57 Å². The monoisotopic (exact) mass is 252 g/mol. The summed E-state index contributed by atoms with van der Waals surface area (Å²) in [7, 11) is 0. The van der Waals surface area contributed by atoms with Gasteiger partial charge in [0.25, 0.3) is 0 Å². The summed E-state index contributed by atoms with van der Waals surface area (Å²) in [4.78, 5) is 23.0. The minimum Gasteiger partial charge on any atom is -0.282 e. The van der Waals surface area contributed by atoms with E-state index in [0.717, 1.165) is 29.1 Å². The first kappa shape index (κ1) is 13.1. The first-order chi connectivity index (χ1) is 7.69. The third kappa shape index (κ3) is 3.54. The number of rotatable bonds is 3. The van der Waals surface area contributed by atoms with E-state index in [2.05, 4.69) is 0 Å². The lowest BCUT2D eigenvalue weighted by Crippen LogP contribution is -1.99. The normalized spacial score (nSPS) is 11.2. The topological polar surface area (TPSA) is 34.1 Å². The number of hydrogen-bond acceptors (Lipinski definition) is 4. The molecule has 0 saturated carbocycles. The molecule has 1 rings (SSSR count). The summed E-state index contributed by atoms with van der Waals surface area (Å²) < 4.78 is 0. The highest BCUT2D eigenvalue weighted by Crippen LogP contribution is 2.21. The van der Waals surface area contributed by atoms with E-state index in [1.54, 1.807) is 12.5 Å². The molecule has 1 aromatic carbocycles. The van der Waals surface area contributed by atoms with Crippen LogP contribution in [0.5, 0.6) is 0 Å². The van der Waals surface area contributed by atoms with E-state index >= 15 is 0 Å². The van der Waals surface area contributed by atoms with Crippen molar-refractivity contribution >= 4 is 39.3 Å². The Bertz CT molecular complexity index is 410. The molecule has 0 heterocycles. The fourth-order valence-corrected chi connectivity index (χ4v) is 1.80. The fraction of sp³-hybridized carbons (Fsp3) is 0.167. The van der Waals surface area contributed by atoms with Gasteiger partial charge in [0.2, 0.25) is 10.2 Å². The lowest BCUT2D eigenvalue weighted by Gasteiger charge is -2.03. The van der Waals surface area contributed by atoms with E-state index in [1.807, 2.05) is 30.3 Å². The van der Waals surface area contributed by atoms with E-state index in [0.29, 0.717) is 5.57 Å². The van der Waals surface area contributed by atoms with Gasteiger partial charge >= 0.3 is 0 Å². The predicted molar refractivity (Wildman–Crippen MR) is 71.5 cm³/mol. The smallest absolute Gasteiger partial charge is 0.219 e. The molecule has 0 fully saturated rings. The lowest BCUT2D eigenvalue weighted by molar-refractivity contribution is -0.108. The Kier molecular flexibility index (Phi) is 5.35. The highest BCUT2D eigenvalue weighted by atomic mass is 32.2. The maximum Gasteiger partial charge on any atom is 0.219 e. The summed E-state index contributed by atoms with van der Waals surface area (Å²) in [6.45, 7) is 0. The molecule has 0 spiro atoms. The Morgan fingerprint density at radius 2 is 1.69 bits per heavy atom. The zero-order chi connectivity index (χ0) is 12.0. The molecule has 84 valence electrons. The van der Waals surface area contributed by atoms with Crippen molar-refractivity contribution in [2.24, 2.45) is 0 Å². The minimum absolute atomic E-state index is 0.0893. The quantitative estimate of drug-likeness (QED) is 0.775. The van der Waals surface area contributed by atoms with Gasteiger partial charge in [-0.1, -0.05) is 53.9 Å². The van der Waals surface area contributed by atoms with Crippen LogP contribution < -0.4 is 0 Å². The minimum atomic E-state index is -0.110. The molecule has 16 heavy (non-hydrogen) atoms. The average Bonchev–Trinajstić information content (AvgIpc) is 2.35. The zero-order valence-corrected chi connectivity index (χ0v) is 10.7. The molecule has 0 amide bonds. The third-order valence-corrected chi connectivity index (χ3v) is 3.06. The Morgan fingerprint density at radius 1 is 1.06 bits per heavy atom. The second-order valence-corrected chi connectivity index (χ2v) is 4.53. The van der Waals surface area contributed by atoms with Crippen molar-refractivity contribution in [2.75, 3.05) is 12.5 Å². The molecule has 0 aromatic heterocycles. The van der Waals surface area contributed by atoms with E-state index in [-0.39, 0.29) is 10.2 Å². The molecule has 0 aliphatic carbocycles. The van der Waals surface area contributed by atoms with Gasteiger partial charge in [-0.15, -0.1) is 0 Å². The Labute approximate surface area is 104 Å². The molecule has 0 unspecified atom stereocenters. The van der Waals surface area contributed by atoms with Crippen LogP contribution in [-0.2, 0) is 9.59 Å². The second kappa shape index (κ2) is 6.55. The molecule has 0 atom stereocenters. The lowest BCUT2D eigenvalue weighted by atomic mass is 10.1. The van der Waals surface area contributed by atoms with Crippen molar-refractivity contribution in [3.8, 4) is 0 Å². The molecule has 0 bridgehead atoms. The molecule has 0 saturated heterocycles. The Morgan fingerprint density at radius 3 is 2.19 bits per heavy atom. The summed E-state index contributed by atoms with van der Waals surface area (Å²) in [5, 5.41) is -0.199. The van der Waals surface area contributed by atoms with Crippen LogP contribution >= 0.6 is 23.5 Å². The van der Waals surface area contributed by atoms with Gasteiger partial charge in [-0.2, -0.15) is 0 Å². The highest BCUT2D eigenvalue weighted by molar-refractivity contribution is 8.14. The fourth-order valence-electron chi connectivity index (χ4n) is 1.16. The van der Waals surface area contributed by atoms with Gasteiger partial charge in [0, 0.05) is 11.6 Å². The van der Waals surface area contributed by atoms with E-state index in [1.165, 1.54) is 6.08 Å². The van der Waals surface area contributed by atoms with E-state index in [9.17, 15) is 9.59 Å². The summed E-state index contributed by atoms with van der Waals surface area (Å²) in [5.41, 5.74) is 1.25. The van der Waals surface area contributed by atoms with Crippen LogP contribution in [0.3, 0.4) is 0 Å². The van der Waals surface area contributed by atoms with Crippen LogP contribution in [0.1, 0.15) is 5.56 Å². The molecule has 0 aliphatic heterocycles. The maximum absolute atomic E-state index is 11.7. The van der Waals surface area contributed by atoms with Crippen LogP contribution in [0.4, 0.5) is 0 Å². The number of carbonyl (C=O) groups is 2. The maximum atomic E-state index is 11.7. The summed E-state index contributed by atoms with van der Waals surface area (Å²) >= 11 is 2.21. The number of benzene rings is 1. The van der Waals surface area contributed by atoms with Gasteiger partial charge in [0.15, 0.2) is 0 Å². The SMILES string of the molecule is CSC(=O)C=C(C(=O)SC)c1ccccc1. The van der Waals surface area contributed by atoms with Crippen molar-refractivity contribution in [3.05, 3.63) is 42.0 Å². The van der Waals surface area contributed by atoms with E-state index in [4.69, 9.17) is 0 Å². The summed E-state index contributed by atoms with van der Waals surface area (Å²) in [5.74, 6) is 0. The number of carbonyl (C=O) groups excluding carboxylic acids is 2. The van der Waals surface area contributed by atoms with E-state index < -0.39 is 0 Å². The first-order valence-electron chi connectivity index (χ1n) is 4.62. The van der Waals surface area contributed by atoms with Crippen molar-refractivity contribution in [1.82, 2.24) is 0 Å². The molecule has 1 aromatic rings. The zero-order valence-electron chi connectivity index (χ0n) is 9.10. The summed E-state index contributed by atoms with van der Waals surface area (Å²) in [6, 6.07) is 9.23. The van der Waals surface area contributed by atoms with Crippen molar-refractivity contribution in [1.29, 1.82) is 0 Å². The molecule has 2 nitrogen and oxygen atoms in total. The number of thioether (sulfide) groups is 2. The number of hydrogen-bond donors (Lipinski definition) is 0. The Hall–Kier alpha value is -1.00. The predicted octanol–water partition coefficient (Wildman–Crippen LogP) is 2.85. The molecule has 0 aliphatic rings. The van der Waals surface area contributed by atoms with Crippen LogP contribution in [0.15, 0.2) is 36.4 Å². The van der Waals surface area contributed by atoms with Gasteiger partial charge in [-0.3, -0.25) is 9.59 Å². The molecule has 4 heteroatoms. The molecule has 0 N–H and O–H groups in total. The average molecular weight is 252 g/mol. The highest BCUT2D eigenvalue weighted by Gasteiger charge is 2.12. The summed E-state index contributed by atoms with van der Waals surface area (Å²) in [6.07, 6.45) is 4.81.